The number of hydrogen-bond donors (Lipinski definition) is 6. The highest BCUT2D eigenvalue weighted by Gasteiger charge is 2.27. The van der Waals surface area contributed by atoms with E-state index in [9.17, 15) is 43.5 Å². The summed E-state index contributed by atoms with van der Waals surface area (Å²) in [6.07, 6.45) is 0. The van der Waals surface area contributed by atoms with Crippen molar-refractivity contribution in [3.8, 4) is 11.5 Å². The van der Waals surface area contributed by atoms with Gasteiger partial charge in [-0.2, -0.15) is 0 Å². The molecule has 0 radical (unpaired) electrons. The summed E-state index contributed by atoms with van der Waals surface area (Å²) >= 11 is 0. The molecule has 0 atom stereocenters. The molecule has 2 rings (SSSR count). The molecule has 0 bridgehead atoms. The molecule has 2 aromatic rings. The predicted octanol–water partition coefficient (Wildman–Crippen LogP) is 1.72. The Hall–Kier alpha value is -4.91. The van der Waals surface area contributed by atoms with E-state index in [1.54, 1.807) is 0 Å². The van der Waals surface area contributed by atoms with Gasteiger partial charge in [0.15, 0.2) is 0 Å². The Kier molecular flexibility index (Phi) is 7.24. The lowest BCUT2D eigenvalue weighted by Gasteiger charge is -2.14. The molecule has 34 heavy (non-hydrogen) atoms. The largest absolute Gasteiger partial charge is 0.478 e. The van der Waals surface area contributed by atoms with Crippen LogP contribution in [-0.2, 0) is 4.57 Å². The summed E-state index contributed by atoms with van der Waals surface area (Å²) in [5, 5.41) is 55.0. The fraction of sp³-hybridized carbons (Fsp3) is 0. The highest BCUT2D eigenvalue weighted by Crippen LogP contribution is 2.37. The van der Waals surface area contributed by atoms with E-state index in [0.29, 0.717) is 24.3 Å². The first-order valence-electron chi connectivity index (χ1n) is 8.40. The highest BCUT2D eigenvalue weighted by atomic mass is 31.1. The smallest absolute Gasteiger partial charge is 0.419 e. The first-order valence-corrected chi connectivity index (χ1v) is 9.62. The van der Waals surface area contributed by atoms with Crippen LogP contribution in [-0.4, -0.2) is 66.5 Å². The molecule has 0 spiro atoms. The van der Waals surface area contributed by atoms with Crippen molar-refractivity contribution < 1.29 is 73.0 Å². The highest BCUT2D eigenvalue weighted by molar-refractivity contribution is 7.34. The van der Waals surface area contributed by atoms with Gasteiger partial charge in [-0.05, 0) is 24.3 Å². The molecule has 15 nitrogen and oxygen atoms in total. The third kappa shape index (κ3) is 5.28. The minimum Gasteiger partial charge on any atom is -0.478 e. The van der Waals surface area contributed by atoms with Gasteiger partial charge in [0.1, 0.15) is 22.6 Å². The minimum absolute atomic E-state index is 0.422. The van der Waals surface area contributed by atoms with Gasteiger partial charge in [0.2, 0.25) is 0 Å². The van der Waals surface area contributed by atoms with Crippen LogP contribution in [0.5, 0.6) is 11.5 Å². The molecule has 2 aromatic carbocycles. The molecular formula is C18H11O15P. The predicted molar refractivity (Wildman–Crippen MR) is 105 cm³/mol. The van der Waals surface area contributed by atoms with E-state index in [-0.39, 0.29) is 0 Å². The van der Waals surface area contributed by atoms with Crippen molar-refractivity contribution in [3.05, 3.63) is 57.6 Å². The van der Waals surface area contributed by atoms with Crippen LogP contribution in [0.4, 0.5) is 0 Å². The molecule has 0 aliphatic carbocycles. The summed E-state index contributed by atoms with van der Waals surface area (Å²) in [7, 11) is -4.01. The number of hydrogen-bond acceptors (Lipinski definition) is 9. The minimum atomic E-state index is -4.01. The van der Waals surface area contributed by atoms with Gasteiger partial charge >= 0.3 is 44.1 Å². The van der Waals surface area contributed by atoms with E-state index in [2.05, 4.69) is 0 Å². The van der Waals surface area contributed by atoms with Crippen LogP contribution in [0.15, 0.2) is 24.3 Å². The Morgan fingerprint density at radius 3 is 0.941 bits per heavy atom. The van der Waals surface area contributed by atoms with Gasteiger partial charge < -0.3 is 39.7 Å². The Labute approximate surface area is 187 Å². The van der Waals surface area contributed by atoms with Crippen LogP contribution in [0.2, 0.25) is 0 Å². The number of carboxylic acids is 6. The molecular weight excluding hydrogens is 487 g/mol. The van der Waals surface area contributed by atoms with Gasteiger partial charge in [-0.3, -0.25) is 0 Å². The summed E-state index contributed by atoms with van der Waals surface area (Å²) in [5.74, 6) is -12.6. The fourth-order valence-electron chi connectivity index (χ4n) is 2.57. The van der Waals surface area contributed by atoms with E-state index < -0.39 is 89.0 Å². The van der Waals surface area contributed by atoms with Crippen LogP contribution in [0.1, 0.15) is 62.1 Å². The summed E-state index contributed by atoms with van der Waals surface area (Å²) < 4.78 is 21.9. The second-order valence-corrected chi connectivity index (χ2v) is 6.98. The number of carboxylic acid groups (broad SMARTS) is 6. The van der Waals surface area contributed by atoms with E-state index >= 15 is 0 Å². The lowest BCUT2D eigenvalue weighted by molar-refractivity contribution is 0.0648. The summed E-state index contributed by atoms with van der Waals surface area (Å²) in [6.45, 7) is 0. The quantitative estimate of drug-likeness (QED) is 0.255. The maximum Gasteiger partial charge on any atom is 0.419 e. The second-order valence-electron chi connectivity index (χ2n) is 6.07. The number of benzene rings is 2. The molecule has 0 amide bonds. The van der Waals surface area contributed by atoms with Gasteiger partial charge in [-0.15, -0.1) is 0 Å². The van der Waals surface area contributed by atoms with Crippen molar-refractivity contribution in [2.45, 2.75) is 0 Å². The lowest BCUT2D eigenvalue weighted by atomic mass is 10.0. The maximum absolute atomic E-state index is 12.4. The maximum atomic E-state index is 12.4. The van der Waals surface area contributed by atoms with Crippen molar-refractivity contribution in [2.24, 2.45) is 0 Å². The molecule has 0 saturated heterocycles. The van der Waals surface area contributed by atoms with Crippen molar-refractivity contribution in [2.75, 3.05) is 0 Å². The zero-order valence-corrected chi connectivity index (χ0v) is 17.2. The number of rotatable bonds is 10. The third-order valence-corrected chi connectivity index (χ3v) is 4.78. The average Bonchev–Trinajstić information content (AvgIpc) is 2.71. The van der Waals surface area contributed by atoms with E-state index in [1.807, 2.05) is 0 Å². The Morgan fingerprint density at radius 2 is 0.706 bits per heavy atom. The van der Waals surface area contributed by atoms with Crippen molar-refractivity contribution in [1.82, 2.24) is 0 Å². The van der Waals surface area contributed by atoms with Crippen molar-refractivity contribution in [3.63, 3.8) is 0 Å². The molecule has 178 valence electrons. The SMILES string of the molecule is O=C(O)c1cc(C(=O)O)c(C(=O)O)cc1O[PH](=O)Oc1cc(C(=O)O)c(C(=O)O)cc1C(=O)O. The normalized spacial score (nSPS) is 10.4. The second kappa shape index (κ2) is 9.70. The summed E-state index contributed by atoms with van der Waals surface area (Å²) in [5.41, 5.74) is -5.60. The van der Waals surface area contributed by atoms with Gasteiger partial charge in [0.05, 0.1) is 22.3 Å². The molecule has 0 fully saturated rings. The standard InChI is InChI=1S/C18H11O15P/c19-13(20)5-1-9(17(27)28)11(3-7(5)15(23)24)32-34(31)33-12-4-8(16(25)26)6(14(21)22)2-10(12)18(29)30/h1-4,34H,(H,19,20)(H,21,22)(H,23,24)(H,25,26)(H,27,28)(H,29,30). The molecule has 0 aliphatic rings. The van der Waals surface area contributed by atoms with Crippen molar-refractivity contribution >= 4 is 44.1 Å². The average molecular weight is 498 g/mol. The Bertz CT molecular complexity index is 1200. The first-order chi connectivity index (χ1) is 15.7. The van der Waals surface area contributed by atoms with E-state index in [0.717, 1.165) is 0 Å². The molecule has 0 unspecified atom stereocenters. The Balaban J connectivity index is 2.56. The van der Waals surface area contributed by atoms with Gasteiger partial charge in [0, 0.05) is 0 Å². The molecule has 16 heteroatoms. The van der Waals surface area contributed by atoms with Gasteiger partial charge in [0.25, 0.3) is 0 Å². The summed E-state index contributed by atoms with van der Waals surface area (Å²) in [4.78, 5) is 67.9. The molecule has 0 aliphatic heterocycles. The molecule has 0 heterocycles. The van der Waals surface area contributed by atoms with Gasteiger partial charge in [-0.25, -0.2) is 33.3 Å². The molecule has 0 aromatic heterocycles. The van der Waals surface area contributed by atoms with Crippen LogP contribution < -0.4 is 9.05 Å². The molecule has 0 saturated carbocycles. The fourth-order valence-corrected chi connectivity index (χ4v) is 3.31. The first kappa shape index (κ1) is 25.4. The van der Waals surface area contributed by atoms with E-state index in [4.69, 9.17) is 29.5 Å². The number of carbonyl (C=O) groups is 6. The number of aromatic carboxylic acids is 6. The third-order valence-electron chi connectivity index (χ3n) is 4.01. The topological polar surface area (TPSA) is 259 Å². The van der Waals surface area contributed by atoms with Crippen LogP contribution in [0, 0.1) is 0 Å². The molecule has 6 N–H and O–H groups in total. The monoisotopic (exact) mass is 498 g/mol. The van der Waals surface area contributed by atoms with Crippen molar-refractivity contribution in [1.29, 1.82) is 0 Å². The Morgan fingerprint density at radius 1 is 0.471 bits per heavy atom. The van der Waals surface area contributed by atoms with E-state index in [1.165, 1.54) is 0 Å². The lowest BCUT2D eigenvalue weighted by Crippen LogP contribution is -2.13. The van der Waals surface area contributed by atoms with Gasteiger partial charge in [-0.1, -0.05) is 0 Å². The summed E-state index contributed by atoms with van der Waals surface area (Å²) in [6, 6.07) is 1.72. The van der Waals surface area contributed by atoms with Crippen LogP contribution in [0.3, 0.4) is 0 Å². The van der Waals surface area contributed by atoms with Crippen LogP contribution >= 0.6 is 8.25 Å². The zero-order chi connectivity index (χ0) is 25.9. The zero-order valence-electron chi connectivity index (χ0n) is 16.2. The van der Waals surface area contributed by atoms with Crippen LogP contribution in [0.25, 0.3) is 0 Å².